The molecule has 0 fully saturated rings. The first-order valence-electron chi connectivity index (χ1n) is 2.95. The maximum atomic E-state index is 9.00. The predicted molar refractivity (Wildman–Crippen MR) is 37.3 cm³/mol. The number of carbonyl (C=O) groups is 1. The Hall–Kier alpha value is 1.07. The summed E-state index contributed by atoms with van der Waals surface area (Å²) >= 11 is 0.849. The monoisotopic (exact) mass is 157 g/mol. The van der Waals surface area contributed by atoms with Crippen molar-refractivity contribution in [3.63, 3.8) is 0 Å². The average molecular weight is 157 g/mol. The third-order valence-electron chi connectivity index (χ3n) is 0.644. The van der Waals surface area contributed by atoms with Crippen LogP contribution in [-0.2, 0) is 4.79 Å². The van der Waals surface area contributed by atoms with Gasteiger partial charge in [-0.2, -0.15) is 0 Å². The number of aliphatic carboxylic acids is 1. The van der Waals surface area contributed by atoms with E-state index in [0.717, 1.165) is 55.9 Å². The van der Waals surface area contributed by atoms with Crippen LogP contribution in [0, 0.1) is 0 Å². The molecule has 0 heterocycles. The molecule has 0 aromatic rings. The molecule has 0 bridgehead atoms. The van der Waals surface area contributed by atoms with Gasteiger partial charge in [-0.1, -0.05) is 0 Å². The molecule has 0 spiro atoms. The van der Waals surface area contributed by atoms with Gasteiger partial charge in [0.1, 0.15) is 0 Å². The number of hydrogen-bond donors (Lipinski definition) is 2. The molecule has 3 nitrogen and oxygen atoms in total. The fraction of sp³-hybridized carbons (Fsp3) is 0.800. The summed E-state index contributed by atoms with van der Waals surface area (Å²) in [4.78, 5) is 9.00. The van der Waals surface area contributed by atoms with Crippen molar-refractivity contribution in [1.82, 2.24) is 0 Å². The van der Waals surface area contributed by atoms with Gasteiger partial charge in [-0.25, -0.2) is 0 Å². The number of hydrogen-bond acceptors (Lipinski definition) is 2. The van der Waals surface area contributed by atoms with Crippen molar-refractivity contribution in [2.45, 2.75) is 20.4 Å². The zero-order chi connectivity index (χ0) is 7.86. The Balaban J connectivity index is 0. The fourth-order valence-corrected chi connectivity index (χ4v) is 0. The van der Waals surface area contributed by atoms with Crippen molar-refractivity contribution in [2.75, 3.05) is 0 Å². The molecular weight excluding hydrogens is 145 g/mol. The van der Waals surface area contributed by atoms with Crippen molar-refractivity contribution >= 4 is 54.9 Å². The number of rotatable bonds is 1. The minimum absolute atomic E-state index is 0.572. The van der Waals surface area contributed by atoms with E-state index in [1.54, 1.807) is 0 Å². The summed E-state index contributed by atoms with van der Waals surface area (Å²) in [6.45, 7) is 3.20. The molecule has 0 rings (SSSR count). The van der Waals surface area contributed by atoms with Crippen molar-refractivity contribution in [1.29, 1.82) is 0 Å². The summed E-state index contributed by atoms with van der Waals surface area (Å²) in [5, 5.41) is 7.42. The van der Waals surface area contributed by atoms with E-state index in [1.165, 1.54) is 6.42 Å². The third-order valence-corrected chi connectivity index (χ3v) is 1.92. The Kier molecular flexibility index (Phi) is 12.8. The normalized spacial score (nSPS) is 11.2. The van der Waals surface area contributed by atoms with Crippen LogP contribution in [-0.4, -0.2) is 60.2 Å². The number of carboxylic acids is 1. The van der Waals surface area contributed by atoms with Crippen LogP contribution in [0.1, 0.15) is 20.3 Å². The Morgan fingerprint density at radius 1 is 1.89 bits per heavy atom. The molecule has 0 aliphatic carbocycles. The molecule has 1 unspecified atom stereocenters. The van der Waals surface area contributed by atoms with Gasteiger partial charge in [0, 0.05) is 6.92 Å². The van der Waals surface area contributed by atoms with E-state index in [0.29, 0.717) is 0.136 Å². The fourth-order valence-electron chi connectivity index (χ4n) is 0. The summed E-state index contributed by atoms with van der Waals surface area (Å²) in [7, 11) is 0. The van der Waals surface area contributed by atoms with Gasteiger partial charge in [0.25, 0.3) is 5.97 Å². The topological polar surface area (TPSA) is 63.3 Å². The van der Waals surface area contributed by atoms with Gasteiger partial charge in [0.05, 0.1) is 0 Å². The van der Waals surface area contributed by atoms with Crippen LogP contribution >= 0.6 is 0 Å². The second-order valence-electron chi connectivity index (χ2n) is 1.90. The van der Waals surface area contributed by atoms with Crippen LogP contribution in [0.25, 0.3) is 0 Å². The average Bonchev–Trinajstić information content (AvgIpc) is 1.65. The van der Waals surface area contributed by atoms with E-state index in [2.05, 4.69) is 6.92 Å². The van der Waals surface area contributed by atoms with Gasteiger partial charge < -0.3 is 5.11 Å². The van der Waals surface area contributed by atoms with Gasteiger partial charge in [0.2, 0.25) is 0 Å². The molecular formula is C5H12KNO2. The summed E-state index contributed by atoms with van der Waals surface area (Å²) < 4.78 is 0.572. The van der Waals surface area contributed by atoms with Crippen LogP contribution in [0.15, 0.2) is 0 Å². The quantitative estimate of drug-likeness (QED) is 0.524. The van der Waals surface area contributed by atoms with Crippen molar-refractivity contribution in [3.05, 3.63) is 0 Å². The Morgan fingerprint density at radius 3 is 2.00 bits per heavy atom. The van der Waals surface area contributed by atoms with Crippen LogP contribution in [0.2, 0.25) is 0 Å². The van der Waals surface area contributed by atoms with E-state index in [1.807, 2.05) is 0 Å². The Bertz CT molecular complexity index is 71.4. The number of nitrogens with two attached hydrogens (primary N) is 1. The van der Waals surface area contributed by atoms with E-state index in [4.69, 9.17) is 15.6 Å². The van der Waals surface area contributed by atoms with Crippen LogP contribution in [0.3, 0.4) is 0 Å². The number of carboxylic acid groups (broad SMARTS) is 1. The SMILES string of the molecule is CC(=O)O.CC[CH](N)[K]. The molecule has 4 heteroatoms. The van der Waals surface area contributed by atoms with Gasteiger partial charge >= 0.3 is 68.2 Å². The van der Waals surface area contributed by atoms with Gasteiger partial charge in [-0.05, 0) is 0 Å². The van der Waals surface area contributed by atoms with Crippen LogP contribution in [0.4, 0.5) is 0 Å². The molecule has 0 aromatic heterocycles. The van der Waals surface area contributed by atoms with Gasteiger partial charge in [-0.3, -0.25) is 4.79 Å². The molecule has 0 saturated heterocycles. The third kappa shape index (κ3) is 48.1. The zero-order valence-corrected chi connectivity index (χ0v) is 9.34. The second kappa shape index (κ2) is 9.07. The van der Waals surface area contributed by atoms with Crippen LogP contribution < -0.4 is 5.73 Å². The molecule has 0 aliphatic heterocycles. The Morgan fingerprint density at radius 2 is 2.00 bits per heavy atom. The summed E-state index contributed by atoms with van der Waals surface area (Å²) in [5.74, 6) is -0.833. The molecule has 1 atom stereocenters. The summed E-state index contributed by atoms with van der Waals surface area (Å²) in [6.07, 6.45) is 1.17. The van der Waals surface area contributed by atoms with Crippen molar-refractivity contribution in [2.24, 2.45) is 5.73 Å². The molecule has 3 N–H and O–H groups in total. The predicted octanol–water partition coefficient (Wildman–Crippen LogP) is -0.0594. The molecule has 9 heavy (non-hydrogen) atoms. The standard InChI is InChI=1S/C3H8N.C2H4O2.K/c1-2-3-4;1-2(3)4;/h3H,2,4H2,1H3;1H3,(H,3,4);. The minimum atomic E-state index is -0.833. The first kappa shape index (κ1) is 12.7. The summed E-state index contributed by atoms with van der Waals surface area (Å²) in [6, 6.07) is 0. The second-order valence-corrected chi connectivity index (χ2v) is 4.22. The van der Waals surface area contributed by atoms with Crippen LogP contribution in [0.5, 0.6) is 0 Å². The van der Waals surface area contributed by atoms with E-state index in [-0.39, 0.29) is 0 Å². The van der Waals surface area contributed by atoms with E-state index in [9.17, 15) is 0 Å². The van der Waals surface area contributed by atoms with E-state index < -0.39 is 5.97 Å². The summed E-state index contributed by atoms with van der Waals surface area (Å²) in [5.41, 5.74) is 5.38. The Labute approximate surface area is 89.6 Å². The first-order valence-corrected chi connectivity index (χ1v) is 4.76. The zero-order valence-electron chi connectivity index (χ0n) is 6.22. The van der Waals surface area contributed by atoms with Crippen molar-refractivity contribution < 1.29 is 9.90 Å². The van der Waals surface area contributed by atoms with Gasteiger partial charge in [0.15, 0.2) is 0 Å². The maximum absolute atomic E-state index is 9.00. The molecule has 0 amide bonds. The first-order chi connectivity index (χ1) is 4.00. The molecule has 0 radical (unpaired) electrons. The van der Waals surface area contributed by atoms with Gasteiger partial charge in [-0.15, -0.1) is 0 Å². The molecule has 0 aliphatic rings. The van der Waals surface area contributed by atoms with Crippen molar-refractivity contribution in [3.8, 4) is 0 Å². The molecule has 0 aromatic carbocycles. The van der Waals surface area contributed by atoms with E-state index >= 15 is 0 Å². The molecule has 50 valence electrons. The molecule has 0 saturated carbocycles.